The monoisotopic (exact) mass is 327 g/mol. The molecule has 2 aromatic rings. The third-order valence-electron chi connectivity index (χ3n) is 3.79. The topological polar surface area (TPSA) is 44.5 Å². The number of alkyl halides is 3. The molecule has 0 fully saturated rings. The number of para-hydroxylation sites is 1. The molecule has 0 saturated carbocycles. The van der Waals surface area contributed by atoms with E-state index in [1.165, 1.54) is 6.07 Å². The SMILES string of the molecule is N[C@]1(c2ccc(OC(F)(F)F)c(F)c2)CCOc2ccccc21. The lowest BCUT2D eigenvalue weighted by atomic mass is 9.79. The second kappa shape index (κ2) is 5.42. The standard InChI is InChI=1S/C16H13F4NO2/c17-12-9-10(5-6-14(12)23-16(18,19)20)15(21)7-8-22-13-4-2-1-3-11(13)15/h1-6,9H,7-8,21H2/t15-/m0/s1. The van der Waals surface area contributed by atoms with Gasteiger partial charge in [-0.1, -0.05) is 24.3 Å². The Hall–Kier alpha value is -2.28. The first kappa shape index (κ1) is 15.6. The Morgan fingerprint density at radius 3 is 2.57 bits per heavy atom. The molecule has 1 aliphatic heterocycles. The van der Waals surface area contributed by atoms with Crippen LogP contribution in [-0.2, 0) is 5.54 Å². The van der Waals surface area contributed by atoms with Crippen LogP contribution in [0.2, 0.25) is 0 Å². The number of fused-ring (bicyclic) bond motifs is 1. The summed E-state index contributed by atoms with van der Waals surface area (Å²) < 4.78 is 59.8. The van der Waals surface area contributed by atoms with Gasteiger partial charge in [0.25, 0.3) is 0 Å². The normalized spacial score (nSPS) is 20.6. The van der Waals surface area contributed by atoms with E-state index in [0.717, 1.165) is 12.1 Å². The Bertz CT molecular complexity index is 732. The maximum atomic E-state index is 14.0. The molecule has 3 rings (SSSR count). The molecule has 122 valence electrons. The third kappa shape index (κ3) is 2.96. The number of hydrogen-bond acceptors (Lipinski definition) is 3. The van der Waals surface area contributed by atoms with Crippen LogP contribution in [0, 0.1) is 5.82 Å². The highest BCUT2D eigenvalue weighted by molar-refractivity contribution is 5.48. The second-order valence-corrected chi connectivity index (χ2v) is 5.26. The fourth-order valence-electron chi connectivity index (χ4n) is 2.70. The molecule has 0 radical (unpaired) electrons. The van der Waals surface area contributed by atoms with Gasteiger partial charge < -0.3 is 15.2 Å². The molecule has 0 amide bonds. The molecular weight excluding hydrogens is 314 g/mol. The van der Waals surface area contributed by atoms with Gasteiger partial charge >= 0.3 is 6.36 Å². The minimum atomic E-state index is -4.95. The fraction of sp³-hybridized carbons (Fsp3) is 0.250. The van der Waals surface area contributed by atoms with Crippen molar-refractivity contribution in [1.29, 1.82) is 0 Å². The number of benzene rings is 2. The van der Waals surface area contributed by atoms with Crippen molar-refractivity contribution >= 4 is 0 Å². The van der Waals surface area contributed by atoms with Gasteiger partial charge in [0.1, 0.15) is 5.75 Å². The summed E-state index contributed by atoms with van der Waals surface area (Å²) in [5, 5.41) is 0. The predicted octanol–water partition coefficient (Wildman–Crippen LogP) is 3.71. The van der Waals surface area contributed by atoms with Gasteiger partial charge in [0, 0.05) is 12.0 Å². The van der Waals surface area contributed by atoms with Crippen molar-refractivity contribution in [2.45, 2.75) is 18.3 Å². The summed E-state index contributed by atoms with van der Waals surface area (Å²) in [4.78, 5) is 0. The van der Waals surface area contributed by atoms with E-state index in [4.69, 9.17) is 10.5 Å². The highest BCUT2D eigenvalue weighted by atomic mass is 19.4. The lowest BCUT2D eigenvalue weighted by Crippen LogP contribution is -2.42. The van der Waals surface area contributed by atoms with E-state index in [2.05, 4.69) is 4.74 Å². The lowest BCUT2D eigenvalue weighted by molar-refractivity contribution is -0.275. The lowest BCUT2D eigenvalue weighted by Gasteiger charge is -2.36. The van der Waals surface area contributed by atoms with E-state index >= 15 is 0 Å². The Morgan fingerprint density at radius 2 is 1.87 bits per heavy atom. The van der Waals surface area contributed by atoms with Crippen LogP contribution in [0.5, 0.6) is 11.5 Å². The van der Waals surface area contributed by atoms with Crippen molar-refractivity contribution in [3.05, 3.63) is 59.4 Å². The molecule has 0 unspecified atom stereocenters. The van der Waals surface area contributed by atoms with Gasteiger partial charge in [-0.25, -0.2) is 4.39 Å². The summed E-state index contributed by atoms with van der Waals surface area (Å²) >= 11 is 0. The van der Waals surface area contributed by atoms with E-state index in [0.29, 0.717) is 29.9 Å². The zero-order chi connectivity index (χ0) is 16.7. The smallest absolute Gasteiger partial charge is 0.493 e. The number of nitrogens with two attached hydrogens (primary N) is 1. The highest BCUT2D eigenvalue weighted by Gasteiger charge is 2.37. The largest absolute Gasteiger partial charge is 0.573 e. The van der Waals surface area contributed by atoms with Crippen LogP contribution in [0.4, 0.5) is 17.6 Å². The molecule has 1 aliphatic rings. The molecule has 3 nitrogen and oxygen atoms in total. The van der Waals surface area contributed by atoms with Crippen molar-refractivity contribution in [1.82, 2.24) is 0 Å². The number of halogens is 4. The van der Waals surface area contributed by atoms with Crippen molar-refractivity contribution in [3.8, 4) is 11.5 Å². The van der Waals surface area contributed by atoms with E-state index in [1.807, 2.05) is 0 Å². The van der Waals surface area contributed by atoms with Gasteiger partial charge in [-0.3, -0.25) is 0 Å². The summed E-state index contributed by atoms with van der Waals surface area (Å²) in [5.74, 6) is -1.42. The molecule has 0 bridgehead atoms. The Kier molecular flexibility index (Phi) is 3.68. The van der Waals surface area contributed by atoms with E-state index in [1.54, 1.807) is 24.3 Å². The first-order valence-corrected chi connectivity index (χ1v) is 6.86. The minimum Gasteiger partial charge on any atom is -0.493 e. The van der Waals surface area contributed by atoms with Crippen LogP contribution in [0.15, 0.2) is 42.5 Å². The number of ether oxygens (including phenoxy) is 2. The molecule has 0 saturated heterocycles. The van der Waals surface area contributed by atoms with Crippen LogP contribution < -0.4 is 15.2 Å². The summed E-state index contributed by atoms with van der Waals surface area (Å²) in [5.41, 5.74) is 6.42. The van der Waals surface area contributed by atoms with Gasteiger partial charge in [-0.15, -0.1) is 13.2 Å². The number of hydrogen-bond donors (Lipinski definition) is 1. The summed E-state index contributed by atoms with van der Waals surface area (Å²) in [6.45, 7) is 0.329. The summed E-state index contributed by atoms with van der Waals surface area (Å²) in [7, 11) is 0. The molecular formula is C16H13F4NO2. The molecule has 1 heterocycles. The van der Waals surface area contributed by atoms with Gasteiger partial charge in [0.05, 0.1) is 12.1 Å². The van der Waals surface area contributed by atoms with Gasteiger partial charge in [0.2, 0.25) is 0 Å². The minimum absolute atomic E-state index is 0.329. The van der Waals surface area contributed by atoms with Crippen molar-refractivity contribution in [3.63, 3.8) is 0 Å². The first-order valence-electron chi connectivity index (χ1n) is 6.86. The van der Waals surface area contributed by atoms with Crippen molar-refractivity contribution in [2.75, 3.05) is 6.61 Å². The van der Waals surface area contributed by atoms with Crippen LogP contribution in [0.1, 0.15) is 17.5 Å². The average molecular weight is 327 g/mol. The molecule has 2 N–H and O–H groups in total. The maximum absolute atomic E-state index is 14.0. The fourth-order valence-corrected chi connectivity index (χ4v) is 2.70. The number of rotatable bonds is 2. The van der Waals surface area contributed by atoms with Gasteiger partial charge in [-0.2, -0.15) is 0 Å². The molecule has 23 heavy (non-hydrogen) atoms. The van der Waals surface area contributed by atoms with E-state index in [9.17, 15) is 17.6 Å². The average Bonchev–Trinajstić information content (AvgIpc) is 2.48. The first-order chi connectivity index (χ1) is 10.8. The molecule has 7 heteroatoms. The van der Waals surface area contributed by atoms with Gasteiger partial charge in [-0.05, 0) is 23.8 Å². The Balaban J connectivity index is 2.01. The summed E-state index contributed by atoms with van der Waals surface area (Å²) in [6, 6.07) is 10.3. The quantitative estimate of drug-likeness (QED) is 0.855. The highest BCUT2D eigenvalue weighted by Crippen LogP contribution is 2.40. The van der Waals surface area contributed by atoms with Crippen LogP contribution >= 0.6 is 0 Å². The van der Waals surface area contributed by atoms with E-state index < -0.39 is 23.5 Å². The van der Waals surface area contributed by atoms with E-state index in [-0.39, 0.29) is 0 Å². The third-order valence-corrected chi connectivity index (χ3v) is 3.79. The molecule has 0 aromatic heterocycles. The zero-order valence-corrected chi connectivity index (χ0v) is 11.9. The molecule has 1 atom stereocenters. The van der Waals surface area contributed by atoms with Gasteiger partial charge in [0.15, 0.2) is 11.6 Å². The molecule has 2 aromatic carbocycles. The Morgan fingerprint density at radius 1 is 1.13 bits per heavy atom. The zero-order valence-electron chi connectivity index (χ0n) is 11.9. The Labute approximate surface area is 129 Å². The maximum Gasteiger partial charge on any atom is 0.573 e. The molecule has 0 aliphatic carbocycles. The summed E-state index contributed by atoms with van der Waals surface area (Å²) in [6.07, 6.45) is -4.57. The van der Waals surface area contributed by atoms with Crippen LogP contribution in [-0.4, -0.2) is 13.0 Å². The van der Waals surface area contributed by atoms with Crippen molar-refractivity contribution < 1.29 is 27.0 Å². The van der Waals surface area contributed by atoms with Crippen LogP contribution in [0.25, 0.3) is 0 Å². The molecule has 0 spiro atoms. The predicted molar refractivity (Wildman–Crippen MR) is 74.6 cm³/mol. The second-order valence-electron chi connectivity index (χ2n) is 5.26. The van der Waals surface area contributed by atoms with Crippen LogP contribution in [0.3, 0.4) is 0 Å². The van der Waals surface area contributed by atoms with Crippen molar-refractivity contribution in [2.24, 2.45) is 5.73 Å².